The van der Waals surface area contributed by atoms with E-state index in [0.717, 1.165) is 29.5 Å². The van der Waals surface area contributed by atoms with Gasteiger partial charge in [0.05, 0.1) is 3.96 Å². The Morgan fingerprint density at radius 1 is 1.56 bits per heavy atom. The molecular formula is C6H12Cl2Si. The first kappa shape index (κ1) is 9.54. The molecule has 0 radical (unpaired) electrons. The fourth-order valence-electron chi connectivity index (χ4n) is 0.557. The number of hydrogen-bond acceptors (Lipinski definition) is 0. The third-order valence-electron chi connectivity index (χ3n) is 1.02. The molecular weight excluding hydrogens is 171 g/mol. The summed E-state index contributed by atoms with van der Waals surface area (Å²) in [4.78, 5) is 0. The van der Waals surface area contributed by atoms with E-state index in [9.17, 15) is 0 Å². The third-order valence-corrected chi connectivity index (χ3v) is 1.90. The summed E-state index contributed by atoms with van der Waals surface area (Å²) in [6, 6.07) is 0. The van der Waals surface area contributed by atoms with Gasteiger partial charge >= 0.3 is 0 Å². The van der Waals surface area contributed by atoms with E-state index in [-0.39, 0.29) is 0 Å². The van der Waals surface area contributed by atoms with Crippen molar-refractivity contribution >= 4 is 33.4 Å². The van der Waals surface area contributed by atoms with Crippen LogP contribution in [0, 0.1) is 0 Å². The highest BCUT2D eigenvalue weighted by atomic mass is 35.5. The number of alkyl halides is 2. The van der Waals surface area contributed by atoms with Crippen LogP contribution in [-0.2, 0) is 0 Å². The van der Waals surface area contributed by atoms with Crippen LogP contribution in [0.5, 0.6) is 0 Å². The van der Waals surface area contributed by atoms with E-state index in [4.69, 9.17) is 23.2 Å². The summed E-state index contributed by atoms with van der Waals surface area (Å²) in [5.74, 6) is 0. The lowest BCUT2D eigenvalue weighted by Crippen LogP contribution is -2.10. The van der Waals surface area contributed by atoms with Crippen molar-refractivity contribution in [3.8, 4) is 0 Å². The van der Waals surface area contributed by atoms with Crippen molar-refractivity contribution < 1.29 is 0 Å². The Balaban J connectivity index is 3.17. The van der Waals surface area contributed by atoms with Crippen molar-refractivity contribution in [2.75, 3.05) is 0 Å². The average Bonchev–Trinajstić information content (AvgIpc) is 1.63. The summed E-state index contributed by atoms with van der Waals surface area (Å²) in [5.41, 5.74) is 0. The molecule has 9 heavy (non-hydrogen) atoms. The second kappa shape index (κ2) is 4.37. The van der Waals surface area contributed by atoms with Crippen LogP contribution in [0.25, 0.3) is 0 Å². The Bertz CT molecular complexity index is 85.5. The zero-order valence-electron chi connectivity index (χ0n) is 5.66. The Kier molecular flexibility index (Phi) is 4.63. The summed E-state index contributed by atoms with van der Waals surface area (Å²) in [7, 11) is 0.841. The van der Waals surface area contributed by atoms with Gasteiger partial charge in [-0.05, 0) is 19.3 Å². The Labute approximate surface area is 69.7 Å². The Morgan fingerprint density at radius 3 is 2.44 bits per heavy atom. The van der Waals surface area contributed by atoms with Gasteiger partial charge in [-0.15, -0.1) is 29.8 Å². The molecule has 0 unspecified atom stereocenters. The van der Waals surface area contributed by atoms with Crippen molar-refractivity contribution in [3.05, 3.63) is 12.7 Å². The van der Waals surface area contributed by atoms with Crippen molar-refractivity contribution in [1.82, 2.24) is 0 Å². The van der Waals surface area contributed by atoms with Crippen LogP contribution in [0.15, 0.2) is 12.7 Å². The van der Waals surface area contributed by atoms with Crippen LogP contribution in [0.4, 0.5) is 0 Å². The van der Waals surface area contributed by atoms with Crippen LogP contribution in [0.1, 0.15) is 19.3 Å². The van der Waals surface area contributed by atoms with Gasteiger partial charge in [0.25, 0.3) is 0 Å². The molecule has 0 spiro atoms. The lowest BCUT2D eigenvalue weighted by molar-refractivity contribution is 0.768. The van der Waals surface area contributed by atoms with Crippen molar-refractivity contribution in [3.63, 3.8) is 0 Å². The predicted octanol–water partition coefficient (Wildman–Crippen LogP) is 1.84. The largest absolute Gasteiger partial charge is 0.107 e. The first-order chi connectivity index (χ1) is 4.06. The highest BCUT2D eigenvalue weighted by Crippen LogP contribution is 2.22. The molecule has 0 heterocycles. The minimum atomic E-state index is -0.414. The summed E-state index contributed by atoms with van der Waals surface area (Å²) in [5, 5.41) is 0. The molecule has 0 rings (SSSR count). The molecule has 0 aliphatic rings. The average molecular weight is 183 g/mol. The fraction of sp³-hybridized carbons (Fsp3) is 0.667. The predicted molar refractivity (Wildman–Crippen MR) is 48.4 cm³/mol. The second-order valence-corrected chi connectivity index (χ2v) is 7.09. The first-order valence-electron chi connectivity index (χ1n) is 3.05. The molecule has 0 N–H and O–H groups in total. The van der Waals surface area contributed by atoms with Crippen LogP contribution < -0.4 is 0 Å². The molecule has 0 nitrogen and oxygen atoms in total. The minimum Gasteiger partial charge on any atom is -0.107 e. The monoisotopic (exact) mass is 182 g/mol. The van der Waals surface area contributed by atoms with Crippen LogP contribution in [0.3, 0.4) is 0 Å². The van der Waals surface area contributed by atoms with Gasteiger partial charge in [0.1, 0.15) is 0 Å². The first-order valence-corrected chi connectivity index (χ1v) is 4.80. The van der Waals surface area contributed by atoms with Gasteiger partial charge < -0.3 is 0 Å². The van der Waals surface area contributed by atoms with Crippen molar-refractivity contribution in [2.24, 2.45) is 0 Å². The van der Waals surface area contributed by atoms with Crippen molar-refractivity contribution in [1.29, 1.82) is 0 Å². The van der Waals surface area contributed by atoms with Gasteiger partial charge in [-0.1, -0.05) is 6.08 Å². The number of rotatable bonds is 4. The van der Waals surface area contributed by atoms with E-state index in [1.54, 1.807) is 0 Å². The third kappa shape index (κ3) is 8.54. The Hall–Kier alpha value is 0.537. The van der Waals surface area contributed by atoms with E-state index in [1.165, 1.54) is 0 Å². The summed E-state index contributed by atoms with van der Waals surface area (Å²) in [6.07, 6.45) is 4.86. The van der Waals surface area contributed by atoms with Crippen LogP contribution >= 0.6 is 23.2 Å². The molecule has 0 aromatic carbocycles. The SMILES string of the molecule is C=CCCCC([SiH3])(Cl)Cl. The molecule has 0 aliphatic carbocycles. The maximum Gasteiger partial charge on any atom is 0.0972 e. The molecule has 0 aromatic heterocycles. The van der Waals surface area contributed by atoms with Crippen molar-refractivity contribution in [2.45, 2.75) is 23.2 Å². The molecule has 0 saturated heterocycles. The van der Waals surface area contributed by atoms with E-state index in [2.05, 4.69) is 6.58 Å². The van der Waals surface area contributed by atoms with E-state index >= 15 is 0 Å². The maximum absolute atomic E-state index is 5.76. The van der Waals surface area contributed by atoms with Crippen LogP contribution in [0.2, 0.25) is 0 Å². The molecule has 0 bridgehead atoms. The van der Waals surface area contributed by atoms with Gasteiger partial charge in [0, 0.05) is 10.2 Å². The zero-order valence-corrected chi connectivity index (χ0v) is 9.17. The quantitative estimate of drug-likeness (QED) is 0.270. The summed E-state index contributed by atoms with van der Waals surface area (Å²) in [6.45, 7) is 3.61. The molecule has 0 atom stereocenters. The van der Waals surface area contributed by atoms with E-state index in [1.807, 2.05) is 6.08 Å². The van der Waals surface area contributed by atoms with Gasteiger partial charge in [0.15, 0.2) is 0 Å². The lowest BCUT2D eigenvalue weighted by Gasteiger charge is -2.10. The smallest absolute Gasteiger partial charge is 0.0972 e. The second-order valence-electron chi connectivity index (χ2n) is 2.25. The standard InChI is InChI=1S/C6H12Cl2Si/c1-2-3-4-5-6(7,8)9/h2H,1,3-5H2,9H3. The maximum atomic E-state index is 5.76. The number of hydrogen-bond donors (Lipinski definition) is 0. The lowest BCUT2D eigenvalue weighted by atomic mass is 10.2. The Morgan fingerprint density at radius 2 is 2.11 bits per heavy atom. The number of unbranched alkanes of at least 4 members (excludes halogenated alkanes) is 1. The molecule has 0 aromatic rings. The van der Waals surface area contributed by atoms with Gasteiger partial charge in [-0.2, -0.15) is 0 Å². The topological polar surface area (TPSA) is 0 Å². The van der Waals surface area contributed by atoms with Crippen LogP contribution in [-0.4, -0.2) is 14.2 Å². The van der Waals surface area contributed by atoms with E-state index in [0.29, 0.717) is 0 Å². The minimum absolute atomic E-state index is 0.414. The molecule has 0 fully saturated rings. The van der Waals surface area contributed by atoms with Gasteiger partial charge in [0.2, 0.25) is 0 Å². The highest BCUT2D eigenvalue weighted by Gasteiger charge is 2.13. The van der Waals surface area contributed by atoms with Gasteiger partial charge in [-0.3, -0.25) is 0 Å². The molecule has 0 aliphatic heterocycles. The molecule has 0 amide bonds. The highest BCUT2D eigenvalue weighted by molar-refractivity contribution is 6.65. The molecule has 3 heteroatoms. The van der Waals surface area contributed by atoms with E-state index < -0.39 is 3.96 Å². The summed E-state index contributed by atoms with van der Waals surface area (Å²) < 4.78 is -0.414. The number of halogens is 2. The normalized spacial score (nSPS) is 11.8. The zero-order chi connectivity index (χ0) is 7.33. The fourth-order valence-corrected chi connectivity index (χ4v) is 1.18. The molecule has 0 saturated carbocycles. The number of allylic oxidation sites excluding steroid dienone is 1. The molecule has 54 valence electrons. The summed E-state index contributed by atoms with van der Waals surface area (Å²) >= 11 is 11.5. The van der Waals surface area contributed by atoms with Gasteiger partial charge in [-0.25, -0.2) is 0 Å².